The van der Waals surface area contributed by atoms with Crippen LogP contribution in [0.4, 0.5) is 5.82 Å². The molecule has 2 aliphatic heterocycles. The number of piperidine rings is 1. The van der Waals surface area contributed by atoms with E-state index in [0.29, 0.717) is 25.1 Å². The van der Waals surface area contributed by atoms with Crippen LogP contribution in [0.1, 0.15) is 53.1 Å². The van der Waals surface area contributed by atoms with Gasteiger partial charge in [-0.05, 0) is 25.0 Å². The van der Waals surface area contributed by atoms with Gasteiger partial charge in [0.1, 0.15) is 11.6 Å². The van der Waals surface area contributed by atoms with E-state index in [1.54, 1.807) is 31.5 Å². The maximum atomic E-state index is 12.8. The molecule has 0 aliphatic carbocycles. The Hall–Kier alpha value is -3.03. The van der Waals surface area contributed by atoms with Gasteiger partial charge < -0.3 is 15.1 Å². The molecule has 2 aromatic rings. The van der Waals surface area contributed by atoms with Gasteiger partial charge in [-0.2, -0.15) is 0 Å². The van der Waals surface area contributed by atoms with Crippen molar-refractivity contribution in [2.75, 3.05) is 32.0 Å². The lowest BCUT2D eigenvalue weighted by molar-refractivity contribution is -0.129. The molecule has 0 saturated carbocycles. The number of nitrogens with one attached hydrogen (secondary N) is 1. The molecule has 0 atom stereocenters. The number of rotatable bonds is 3. The van der Waals surface area contributed by atoms with Gasteiger partial charge >= 0.3 is 0 Å². The van der Waals surface area contributed by atoms with Gasteiger partial charge in [0.25, 0.3) is 5.91 Å². The monoisotopic (exact) mass is 394 g/mol. The van der Waals surface area contributed by atoms with Gasteiger partial charge in [-0.15, -0.1) is 0 Å². The topological polar surface area (TPSA) is 91.3 Å². The number of hydrogen-bond donors (Lipinski definition) is 1. The second kappa shape index (κ2) is 8.14. The fourth-order valence-corrected chi connectivity index (χ4v) is 4.12. The van der Waals surface area contributed by atoms with Gasteiger partial charge in [-0.3, -0.25) is 14.6 Å². The lowest BCUT2D eigenvalue weighted by atomic mass is 9.95. The molecule has 0 aromatic carbocycles. The highest BCUT2D eigenvalue weighted by Gasteiger charge is 2.29. The normalized spacial score (nSPS) is 17.0. The lowest BCUT2D eigenvalue weighted by Gasteiger charge is -2.32. The smallest absolute Gasteiger partial charge is 0.255 e. The highest BCUT2D eigenvalue weighted by Crippen LogP contribution is 2.30. The molecule has 0 bridgehead atoms. The lowest BCUT2D eigenvalue weighted by Crippen LogP contribution is -2.38. The maximum Gasteiger partial charge on any atom is 0.255 e. The highest BCUT2D eigenvalue weighted by atomic mass is 16.2. The van der Waals surface area contributed by atoms with Crippen molar-refractivity contribution in [2.24, 2.45) is 0 Å². The van der Waals surface area contributed by atoms with Crippen molar-refractivity contribution in [1.29, 1.82) is 0 Å². The summed E-state index contributed by atoms with van der Waals surface area (Å²) < 4.78 is 0. The molecule has 4 rings (SSSR count). The standard InChI is InChI=1S/C21H26N6O2/c1-14(28)26-9-5-15(6-10-26)19-24-18-7-11-27(13-17(18)20(22-2)25-19)21(29)16-4-3-8-23-12-16/h3-4,8,12,15H,5-7,9-11,13H2,1-2H3,(H,22,24,25). The SMILES string of the molecule is CNc1nc(C2CCN(C(C)=O)CC2)nc2c1CN(C(=O)c1cccnc1)CC2. The first kappa shape index (κ1) is 19.3. The molecule has 2 aromatic heterocycles. The molecule has 2 amide bonds. The van der Waals surface area contributed by atoms with Gasteiger partial charge in [0.05, 0.1) is 17.8 Å². The Morgan fingerprint density at radius 1 is 1.14 bits per heavy atom. The number of aromatic nitrogens is 3. The quantitative estimate of drug-likeness (QED) is 0.854. The van der Waals surface area contributed by atoms with Crippen LogP contribution in [0.5, 0.6) is 0 Å². The molecule has 29 heavy (non-hydrogen) atoms. The van der Waals surface area contributed by atoms with Gasteiger partial charge in [0.2, 0.25) is 5.91 Å². The average molecular weight is 394 g/mol. The van der Waals surface area contributed by atoms with Crippen molar-refractivity contribution in [2.45, 2.75) is 38.6 Å². The summed E-state index contributed by atoms with van der Waals surface area (Å²) in [4.78, 5) is 41.8. The molecule has 8 nitrogen and oxygen atoms in total. The molecule has 1 N–H and O–H groups in total. The number of pyridine rings is 1. The largest absolute Gasteiger partial charge is 0.373 e. The molecule has 2 aliphatic rings. The second-order valence-corrected chi connectivity index (χ2v) is 7.60. The van der Waals surface area contributed by atoms with Crippen LogP contribution < -0.4 is 5.32 Å². The molecular weight excluding hydrogens is 368 g/mol. The van der Waals surface area contributed by atoms with Crippen LogP contribution in [0.2, 0.25) is 0 Å². The Morgan fingerprint density at radius 2 is 1.93 bits per heavy atom. The van der Waals surface area contributed by atoms with E-state index in [0.717, 1.165) is 48.8 Å². The van der Waals surface area contributed by atoms with Crippen LogP contribution in [-0.2, 0) is 17.8 Å². The zero-order valence-corrected chi connectivity index (χ0v) is 16.9. The minimum Gasteiger partial charge on any atom is -0.373 e. The summed E-state index contributed by atoms with van der Waals surface area (Å²) in [6.07, 6.45) is 5.74. The molecule has 0 spiro atoms. The number of hydrogen-bond acceptors (Lipinski definition) is 6. The molecule has 152 valence electrons. The summed E-state index contributed by atoms with van der Waals surface area (Å²) in [7, 11) is 1.85. The third kappa shape index (κ3) is 3.92. The van der Waals surface area contributed by atoms with Crippen LogP contribution in [0.25, 0.3) is 0 Å². The minimum atomic E-state index is -0.0218. The predicted molar refractivity (Wildman–Crippen MR) is 108 cm³/mol. The zero-order chi connectivity index (χ0) is 20.4. The molecule has 8 heteroatoms. The molecule has 0 unspecified atom stereocenters. The highest BCUT2D eigenvalue weighted by molar-refractivity contribution is 5.94. The van der Waals surface area contributed by atoms with Crippen molar-refractivity contribution in [3.63, 3.8) is 0 Å². The van der Waals surface area contributed by atoms with Gasteiger partial charge in [0.15, 0.2) is 0 Å². The van der Waals surface area contributed by atoms with Crippen molar-refractivity contribution in [3.05, 3.63) is 47.2 Å². The molecule has 0 radical (unpaired) electrons. The van der Waals surface area contributed by atoms with Crippen molar-refractivity contribution < 1.29 is 9.59 Å². The minimum absolute atomic E-state index is 0.0218. The number of nitrogens with zero attached hydrogens (tertiary/aromatic N) is 5. The summed E-state index contributed by atoms with van der Waals surface area (Å²) >= 11 is 0. The van der Waals surface area contributed by atoms with Crippen LogP contribution in [0, 0.1) is 0 Å². The average Bonchev–Trinajstić information content (AvgIpc) is 2.78. The summed E-state index contributed by atoms with van der Waals surface area (Å²) in [6, 6.07) is 3.56. The number of likely N-dealkylation sites (tertiary alicyclic amines) is 1. The first-order chi connectivity index (χ1) is 14.1. The van der Waals surface area contributed by atoms with Gasteiger partial charge in [-0.25, -0.2) is 9.97 Å². The Bertz CT molecular complexity index is 892. The van der Waals surface area contributed by atoms with Crippen molar-refractivity contribution in [3.8, 4) is 0 Å². The summed E-state index contributed by atoms with van der Waals surface area (Å²) in [5.41, 5.74) is 2.60. The van der Waals surface area contributed by atoms with Crippen LogP contribution >= 0.6 is 0 Å². The van der Waals surface area contributed by atoms with E-state index in [1.165, 1.54) is 0 Å². The van der Waals surface area contributed by atoms with E-state index < -0.39 is 0 Å². The summed E-state index contributed by atoms with van der Waals surface area (Å²) in [5.74, 6) is 2.01. The van der Waals surface area contributed by atoms with E-state index >= 15 is 0 Å². The Labute approximate surface area is 170 Å². The van der Waals surface area contributed by atoms with Crippen molar-refractivity contribution in [1.82, 2.24) is 24.8 Å². The van der Waals surface area contributed by atoms with E-state index in [-0.39, 0.29) is 17.7 Å². The number of carbonyl (C=O) groups is 2. The third-order valence-corrected chi connectivity index (χ3v) is 5.82. The van der Waals surface area contributed by atoms with Gasteiger partial charge in [0, 0.05) is 63.9 Å². The fourth-order valence-electron chi connectivity index (χ4n) is 4.12. The first-order valence-corrected chi connectivity index (χ1v) is 10.1. The van der Waals surface area contributed by atoms with Gasteiger partial charge in [-0.1, -0.05) is 0 Å². The number of carbonyl (C=O) groups excluding carboxylic acids is 2. The fraction of sp³-hybridized carbons (Fsp3) is 0.476. The first-order valence-electron chi connectivity index (χ1n) is 10.1. The Kier molecular flexibility index (Phi) is 5.42. The van der Waals surface area contributed by atoms with Crippen LogP contribution in [0.15, 0.2) is 24.5 Å². The number of fused-ring (bicyclic) bond motifs is 1. The molecular formula is C21H26N6O2. The Morgan fingerprint density at radius 3 is 2.59 bits per heavy atom. The molecule has 1 saturated heterocycles. The van der Waals surface area contributed by atoms with Crippen LogP contribution in [0.3, 0.4) is 0 Å². The van der Waals surface area contributed by atoms with E-state index in [2.05, 4.69) is 10.3 Å². The van der Waals surface area contributed by atoms with E-state index in [4.69, 9.17) is 9.97 Å². The predicted octanol–water partition coefficient (Wildman–Crippen LogP) is 1.84. The number of amides is 2. The van der Waals surface area contributed by atoms with E-state index in [9.17, 15) is 9.59 Å². The summed E-state index contributed by atoms with van der Waals surface area (Å²) in [5, 5.41) is 3.19. The zero-order valence-electron chi connectivity index (χ0n) is 16.9. The van der Waals surface area contributed by atoms with E-state index in [1.807, 2.05) is 16.8 Å². The third-order valence-electron chi connectivity index (χ3n) is 5.82. The molecule has 1 fully saturated rings. The second-order valence-electron chi connectivity index (χ2n) is 7.60. The Balaban J connectivity index is 1.54. The molecule has 4 heterocycles. The summed E-state index contributed by atoms with van der Waals surface area (Å²) in [6.45, 7) is 4.24. The van der Waals surface area contributed by atoms with Crippen LogP contribution in [-0.4, -0.2) is 63.2 Å². The van der Waals surface area contributed by atoms with Crippen molar-refractivity contribution >= 4 is 17.6 Å². The number of anilines is 1. The maximum absolute atomic E-state index is 12.8.